The standard InChI is InChI=1S/C119H156/c1-22-35-39-87(33-12)76-119(77-88(34-13)40-36-23-2)106-59-90(48-47-89-45-43-85(21)44-46-89)49-54-96(106)97-55-50-93(62-109(97)119)91-51-56-98-99-57-52-92(61-108(99)116(107(98)60-91,70-80(16)26-5)71-81(17)27-6)94-53-58-100-102-65-114-104(67-112(102)118(110(100)63-94,74-84(20)30-9)75-86(31-10)32-11)103-66-111-101(64-113(103)117(114,72-82(18)28-7)73-83(19)29-8)95-41-37-38-42-105(95)115(111,68-78(14)24-3)69-79(15)25-4/h37-38,41-67,78-84,86-88H,22-36,39-40,68-77H2,1-21H3/b48-47+. The van der Waals surface area contributed by atoms with E-state index in [1.165, 1.54) is 225 Å². The molecule has 0 saturated carbocycles. The van der Waals surface area contributed by atoms with Gasteiger partial charge in [-0.25, -0.2) is 0 Å². The molecule has 119 heavy (non-hydrogen) atoms. The molecule has 0 heteroatoms. The number of aryl methyl sites for hydroxylation is 1. The Morgan fingerprint density at radius 2 is 0.479 bits per heavy atom. The molecule has 0 spiro atoms. The highest BCUT2D eigenvalue weighted by atomic mass is 14.6. The van der Waals surface area contributed by atoms with Crippen molar-refractivity contribution < 1.29 is 0 Å². The van der Waals surface area contributed by atoms with E-state index >= 15 is 0 Å². The minimum atomic E-state index is -0.163. The zero-order valence-corrected chi connectivity index (χ0v) is 78.6. The SMILES string of the molecule is CCCCC(CC)CC1(CC(CC)CCCC)c2cc(/C=C/c3ccc(C)cc3)ccc2-c2ccc(-c3ccc4c(c3)C(CC(C)CC)(CC(C)CC)c3cc(-c5ccc6c(c5)C(CC(C)CC)(CC(CC)CC)c5cc7c(cc5-6)C(CC(C)CC)(CC(C)CC)c5cc6c(cc5-7)C(CC(C)CC)(CC(C)CC)c5ccccc5-6)ccc3-4)cc21. The molecule has 0 nitrogen and oxygen atoms in total. The van der Waals surface area contributed by atoms with Gasteiger partial charge in [0.05, 0.1) is 0 Å². The van der Waals surface area contributed by atoms with E-state index in [-0.39, 0.29) is 27.1 Å². The first-order valence-corrected chi connectivity index (χ1v) is 49.5. The molecule has 0 N–H and O–H groups in total. The quantitative estimate of drug-likeness (QED) is 0.0335. The van der Waals surface area contributed by atoms with Gasteiger partial charge in [-0.1, -0.05) is 381 Å². The summed E-state index contributed by atoms with van der Waals surface area (Å²) in [6.07, 6.45) is 37.2. The van der Waals surface area contributed by atoms with Crippen LogP contribution in [0.5, 0.6) is 0 Å². The smallest absolute Gasteiger partial charge is 0.0220 e. The van der Waals surface area contributed by atoms with Crippen LogP contribution in [0.2, 0.25) is 0 Å². The summed E-state index contributed by atoms with van der Waals surface area (Å²) in [5.41, 5.74) is 39.9. The van der Waals surface area contributed by atoms with Gasteiger partial charge < -0.3 is 0 Å². The lowest BCUT2D eigenvalue weighted by Crippen LogP contribution is -2.32. The fourth-order valence-corrected chi connectivity index (χ4v) is 24.9. The summed E-state index contributed by atoms with van der Waals surface area (Å²) in [6.45, 7) is 52.2. The van der Waals surface area contributed by atoms with E-state index in [0.717, 1.165) is 32.1 Å². The second kappa shape index (κ2) is 37.0. The first kappa shape index (κ1) is 88.0. The van der Waals surface area contributed by atoms with Crippen molar-refractivity contribution in [3.63, 3.8) is 0 Å². The van der Waals surface area contributed by atoms with Crippen molar-refractivity contribution in [2.75, 3.05) is 0 Å². The van der Waals surface area contributed by atoms with E-state index in [1.54, 1.807) is 66.8 Å². The molecule has 0 aliphatic heterocycles. The van der Waals surface area contributed by atoms with Gasteiger partial charge in [0.15, 0.2) is 0 Å². The maximum atomic E-state index is 2.92. The molecule has 5 aliphatic rings. The molecule has 0 aromatic heterocycles. The summed E-state index contributed by atoms with van der Waals surface area (Å²) in [5.74, 6) is 5.89. The summed E-state index contributed by atoms with van der Waals surface area (Å²) in [6, 6.07) is 69.8. The van der Waals surface area contributed by atoms with E-state index in [1.807, 2.05) is 0 Å². The zero-order chi connectivity index (χ0) is 84.5. The van der Waals surface area contributed by atoms with E-state index < -0.39 is 0 Å². The molecule has 632 valence electrons. The topological polar surface area (TPSA) is 0 Å². The average molecular weight is 1590 g/mol. The first-order chi connectivity index (χ1) is 57.5. The van der Waals surface area contributed by atoms with Crippen molar-refractivity contribution in [2.45, 2.75) is 346 Å². The number of unbranched alkanes of at least 4 members (excludes halogenated alkanes) is 2. The van der Waals surface area contributed by atoms with Gasteiger partial charge >= 0.3 is 0 Å². The molecule has 5 aliphatic carbocycles. The molecule has 10 atom stereocenters. The summed E-state index contributed by atoms with van der Waals surface area (Å²) in [5, 5.41) is 0. The van der Waals surface area contributed by atoms with Crippen LogP contribution in [0.25, 0.3) is 90.0 Å². The van der Waals surface area contributed by atoms with Gasteiger partial charge in [-0.05, 0) is 323 Å². The van der Waals surface area contributed by atoms with Crippen LogP contribution in [0, 0.1) is 66.1 Å². The van der Waals surface area contributed by atoms with Crippen LogP contribution in [0.4, 0.5) is 0 Å². The first-order valence-electron chi connectivity index (χ1n) is 49.5. The molecule has 10 unspecified atom stereocenters. The molecule has 14 rings (SSSR count). The monoisotopic (exact) mass is 1590 g/mol. The Labute approximate surface area is 726 Å². The van der Waals surface area contributed by atoms with E-state index in [9.17, 15) is 0 Å². The normalized spacial score (nSPS) is 21.8. The van der Waals surface area contributed by atoms with Gasteiger partial charge in [-0.3, -0.25) is 0 Å². The molecular weight excluding hydrogens is 1430 g/mol. The van der Waals surface area contributed by atoms with Crippen molar-refractivity contribution in [2.24, 2.45) is 59.2 Å². The van der Waals surface area contributed by atoms with E-state index in [0.29, 0.717) is 59.2 Å². The van der Waals surface area contributed by atoms with Crippen molar-refractivity contribution >= 4 is 12.2 Å². The molecule has 0 saturated heterocycles. The van der Waals surface area contributed by atoms with E-state index in [2.05, 4.69) is 321 Å². The number of benzene rings is 9. The minimum Gasteiger partial charge on any atom is -0.0654 e. The third kappa shape index (κ3) is 16.3. The lowest BCUT2D eigenvalue weighted by Gasteiger charge is -2.39. The predicted molar refractivity (Wildman–Crippen MR) is 522 cm³/mol. The molecule has 0 fully saturated rings. The highest BCUT2D eigenvalue weighted by Gasteiger charge is 2.54. The van der Waals surface area contributed by atoms with Crippen LogP contribution in [0.1, 0.15) is 384 Å². The van der Waals surface area contributed by atoms with Crippen molar-refractivity contribution in [1.29, 1.82) is 0 Å². The van der Waals surface area contributed by atoms with Gasteiger partial charge in [-0.2, -0.15) is 0 Å². The van der Waals surface area contributed by atoms with Crippen LogP contribution in [-0.4, -0.2) is 0 Å². The number of rotatable bonds is 41. The molecule has 0 heterocycles. The zero-order valence-electron chi connectivity index (χ0n) is 78.6. The number of hydrogen-bond donors (Lipinski definition) is 0. The molecule has 0 amide bonds. The largest absolute Gasteiger partial charge is 0.0654 e. The van der Waals surface area contributed by atoms with Crippen LogP contribution < -0.4 is 0 Å². The van der Waals surface area contributed by atoms with E-state index in [4.69, 9.17) is 0 Å². The third-order valence-electron chi connectivity index (χ3n) is 33.1. The number of fused-ring (bicyclic) bond motifs is 15. The highest BCUT2D eigenvalue weighted by molar-refractivity contribution is 5.96. The van der Waals surface area contributed by atoms with Gasteiger partial charge in [0.1, 0.15) is 0 Å². The molecule has 0 radical (unpaired) electrons. The van der Waals surface area contributed by atoms with Crippen LogP contribution >= 0.6 is 0 Å². The Hall–Kier alpha value is -7.28. The van der Waals surface area contributed by atoms with Gasteiger partial charge in [-0.15, -0.1) is 0 Å². The summed E-state index contributed by atoms with van der Waals surface area (Å²) in [4.78, 5) is 0. The van der Waals surface area contributed by atoms with Crippen molar-refractivity contribution in [3.05, 3.63) is 236 Å². The second-order valence-electron chi connectivity index (χ2n) is 41.1. The lowest BCUT2D eigenvalue weighted by molar-refractivity contribution is 0.266. The maximum absolute atomic E-state index is 2.92. The molecule has 9 aromatic carbocycles. The summed E-state index contributed by atoms with van der Waals surface area (Å²) in [7, 11) is 0. The molecular formula is C119H156. The molecule has 9 aromatic rings. The van der Waals surface area contributed by atoms with Crippen LogP contribution in [0.15, 0.2) is 164 Å². The Morgan fingerprint density at radius 1 is 0.227 bits per heavy atom. The lowest BCUT2D eigenvalue weighted by atomic mass is 9.64. The fraction of sp³-hybridized carbons (Fsp3) is 0.529. The van der Waals surface area contributed by atoms with Gasteiger partial charge in [0.25, 0.3) is 0 Å². The Bertz CT molecular complexity index is 4980. The Balaban J connectivity index is 0.940. The van der Waals surface area contributed by atoms with Crippen LogP contribution in [0.3, 0.4) is 0 Å². The summed E-state index contributed by atoms with van der Waals surface area (Å²) < 4.78 is 0. The summed E-state index contributed by atoms with van der Waals surface area (Å²) >= 11 is 0. The van der Waals surface area contributed by atoms with Crippen molar-refractivity contribution in [3.8, 4) is 77.9 Å². The van der Waals surface area contributed by atoms with Gasteiger partial charge in [0, 0.05) is 27.1 Å². The minimum absolute atomic E-state index is 0.0367. The van der Waals surface area contributed by atoms with Gasteiger partial charge in [0.2, 0.25) is 0 Å². The fourth-order valence-electron chi connectivity index (χ4n) is 24.9. The highest BCUT2D eigenvalue weighted by Crippen LogP contribution is 2.67. The van der Waals surface area contributed by atoms with Crippen molar-refractivity contribution in [1.82, 2.24) is 0 Å². The molecule has 0 bridgehead atoms. The maximum Gasteiger partial charge on any atom is 0.0220 e. The second-order valence-corrected chi connectivity index (χ2v) is 41.1. The third-order valence-corrected chi connectivity index (χ3v) is 33.1. The van der Waals surface area contributed by atoms with Crippen LogP contribution in [-0.2, 0) is 27.1 Å². The number of hydrogen-bond acceptors (Lipinski definition) is 0. The predicted octanol–water partition coefficient (Wildman–Crippen LogP) is 35.9. The Morgan fingerprint density at radius 3 is 0.815 bits per heavy atom. The Kier molecular flexibility index (Phi) is 27.4. The average Bonchev–Trinajstić information content (AvgIpc) is 1.51.